The molecule has 2 N–H and O–H groups in total. The number of methoxy groups -OCH3 is 3. The third-order valence-corrected chi connectivity index (χ3v) is 4.59. The fourth-order valence-corrected chi connectivity index (χ4v) is 3.23. The van der Waals surface area contributed by atoms with Crippen molar-refractivity contribution in [2.24, 2.45) is 0 Å². The first-order valence-corrected chi connectivity index (χ1v) is 8.94. The Kier molecular flexibility index (Phi) is 5.77. The van der Waals surface area contributed by atoms with E-state index >= 15 is 0 Å². The molecule has 0 aliphatic rings. The number of ether oxygens (including phenoxy) is 3. The van der Waals surface area contributed by atoms with Gasteiger partial charge in [0.25, 0.3) is 5.78 Å². The molecule has 0 atom stereocenters. The van der Waals surface area contributed by atoms with Crippen molar-refractivity contribution in [1.82, 2.24) is 19.6 Å². The van der Waals surface area contributed by atoms with E-state index in [9.17, 15) is 4.79 Å². The number of carbonyl (C=O) groups excluding carboxylic acids is 1. The van der Waals surface area contributed by atoms with Gasteiger partial charge in [-0.3, -0.25) is 4.79 Å². The highest BCUT2D eigenvalue weighted by atomic mass is 32.2. The molecule has 0 saturated heterocycles. The smallest absolute Gasteiger partial charge is 0.316 e. The lowest BCUT2D eigenvalue weighted by atomic mass is 10.0. The predicted octanol–water partition coefficient (Wildman–Crippen LogP) is 1.79. The summed E-state index contributed by atoms with van der Waals surface area (Å²) in [7, 11) is 4.50. The highest BCUT2D eigenvalue weighted by Crippen LogP contribution is 2.36. The Hall–Kier alpha value is -2.85. The molecular weight excluding hydrogens is 370 g/mol. The molecule has 0 bridgehead atoms. The maximum Gasteiger partial charge on any atom is 0.316 e. The van der Waals surface area contributed by atoms with Gasteiger partial charge < -0.3 is 19.9 Å². The lowest BCUT2D eigenvalue weighted by molar-refractivity contribution is -0.137. The van der Waals surface area contributed by atoms with E-state index in [1.54, 1.807) is 14.2 Å². The number of nitrogen functional groups attached to an aromatic ring is 1. The largest absolute Gasteiger partial charge is 0.496 e. The van der Waals surface area contributed by atoms with Crippen molar-refractivity contribution in [3.63, 3.8) is 0 Å². The number of anilines is 1. The zero-order valence-corrected chi connectivity index (χ0v) is 15.9. The highest BCUT2D eigenvalue weighted by Gasteiger charge is 2.20. The van der Waals surface area contributed by atoms with Crippen LogP contribution in [0.5, 0.6) is 5.75 Å². The van der Waals surface area contributed by atoms with Crippen LogP contribution < -0.4 is 10.5 Å². The van der Waals surface area contributed by atoms with Gasteiger partial charge in [-0.15, -0.1) is 5.10 Å². The van der Waals surface area contributed by atoms with E-state index in [1.807, 2.05) is 24.3 Å². The van der Waals surface area contributed by atoms with Crippen molar-refractivity contribution in [2.45, 2.75) is 11.8 Å². The molecule has 0 aliphatic carbocycles. The molecule has 0 unspecified atom stereocenters. The summed E-state index contributed by atoms with van der Waals surface area (Å²) in [6.45, 7) is 0.242. The van der Waals surface area contributed by atoms with Gasteiger partial charge in [0.2, 0.25) is 5.16 Å². The fraction of sp³-hybridized carbons (Fsp3) is 0.294. The normalized spacial score (nSPS) is 10.9. The molecule has 0 saturated carbocycles. The average Bonchev–Trinajstić information content (AvgIpc) is 3.10. The molecule has 10 heteroatoms. The minimum Gasteiger partial charge on any atom is -0.496 e. The standard InChI is InChI=1S/C17H19N5O4S/c1-24-8-11-14(10-6-4-5-7-12(10)25-2)15(18)22-16(19-11)20-17(21-22)27-9-13(23)26-3/h4-7H,8-9,18H2,1-3H3. The van der Waals surface area contributed by atoms with E-state index in [0.29, 0.717) is 33.8 Å². The molecule has 0 fully saturated rings. The summed E-state index contributed by atoms with van der Waals surface area (Å²) < 4.78 is 16.8. The number of nitrogens with zero attached hydrogens (tertiary/aromatic N) is 4. The first kappa shape index (κ1) is 18.9. The Labute approximate surface area is 159 Å². The maximum atomic E-state index is 11.3. The lowest BCUT2D eigenvalue weighted by Crippen LogP contribution is -2.09. The average molecular weight is 389 g/mol. The van der Waals surface area contributed by atoms with Crippen LogP contribution in [0.1, 0.15) is 5.69 Å². The van der Waals surface area contributed by atoms with E-state index in [1.165, 1.54) is 11.6 Å². The highest BCUT2D eigenvalue weighted by molar-refractivity contribution is 7.99. The van der Waals surface area contributed by atoms with Crippen LogP contribution in [0.2, 0.25) is 0 Å². The number of aromatic nitrogens is 4. The maximum absolute atomic E-state index is 11.3. The van der Waals surface area contributed by atoms with Crippen molar-refractivity contribution in [3.05, 3.63) is 30.0 Å². The van der Waals surface area contributed by atoms with Gasteiger partial charge >= 0.3 is 5.97 Å². The molecule has 0 amide bonds. The molecule has 2 aromatic heterocycles. The van der Waals surface area contributed by atoms with Crippen LogP contribution in [0.25, 0.3) is 16.9 Å². The van der Waals surface area contributed by atoms with Crippen molar-refractivity contribution in [2.75, 3.05) is 32.8 Å². The Morgan fingerprint density at radius 1 is 1.22 bits per heavy atom. The van der Waals surface area contributed by atoms with Crippen LogP contribution in [0.15, 0.2) is 29.4 Å². The minimum absolute atomic E-state index is 0.0948. The van der Waals surface area contributed by atoms with E-state index in [0.717, 1.165) is 17.3 Å². The van der Waals surface area contributed by atoms with Crippen LogP contribution in [0, 0.1) is 0 Å². The van der Waals surface area contributed by atoms with E-state index in [2.05, 4.69) is 19.8 Å². The fourth-order valence-electron chi connectivity index (χ4n) is 2.58. The lowest BCUT2D eigenvalue weighted by Gasteiger charge is -2.14. The quantitative estimate of drug-likeness (QED) is 0.477. The number of thioether (sulfide) groups is 1. The van der Waals surface area contributed by atoms with Gasteiger partial charge in [0, 0.05) is 12.7 Å². The van der Waals surface area contributed by atoms with Gasteiger partial charge in [-0.1, -0.05) is 30.0 Å². The summed E-state index contributed by atoms with van der Waals surface area (Å²) in [5.74, 6) is 1.06. The second-order valence-electron chi connectivity index (χ2n) is 5.42. The molecule has 142 valence electrons. The second-order valence-corrected chi connectivity index (χ2v) is 6.37. The number of rotatable bonds is 7. The summed E-state index contributed by atoms with van der Waals surface area (Å²) in [6.07, 6.45) is 0. The Morgan fingerprint density at radius 3 is 2.70 bits per heavy atom. The van der Waals surface area contributed by atoms with Crippen LogP contribution in [-0.2, 0) is 20.9 Å². The number of benzene rings is 1. The number of esters is 1. The van der Waals surface area contributed by atoms with E-state index in [-0.39, 0.29) is 18.3 Å². The summed E-state index contributed by atoms with van der Waals surface area (Å²) in [4.78, 5) is 20.2. The molecule has 3 aromatic rings. The number of carbonyl (C=O) groups is 1. The summed E-state index contributed by atoms with van der Waals surface area (Å²) in [5.41, 5.74) is 8.46. The van der Waals surface area contributed by atoms with Gasteiger partial charge in [-0.05, 0) is 6.07 Å². The van der Waals surface area contributed by atoms with Crippen LogP contribution in [-0.4, -0.2) is 52.6 Å². The molecule has 27 heavy (non-hydrogen) atoms. The third-order valence-electron chi connectivity index (χ3n) is 3.78. The van der Waals surface area contributed by atoms with Crippen molar-refractivity contribution >= 4 is 29.3 Å². The topological polar surface area (TPSA) is 114 Å². The summed E-state index contributed by atoms with van der Waals surface area (Å²) >= 11 is 1.15. The summed E-state index contributed by atoms with van der Waals surface area (Å²) in [6, 6.07) is 7.49. The predicted molar refractivity (Wildman–Crippen MR) is 101 cm³/mol. The Balaban J connectivity index is 2.13. The van der Waals surface area contributed by atoms with Gasteiger partial charge in [0.05, 0.1) is 37.8 Å². The molecule has 0 radical (unpaired) electrons. The number of nitrogens with two attached hydrogens (primary N) is 1. The van der Waals surface area contributed by atoms with Crippen molar-refractivity contribution < 1.29 is 19.0 Å². The Morgan fingerprint density at radius 2 is 2.00 bits per heavy atom. The number of hydrogen-bond acceptors (Lipinski definition) is 9. The third kappa shape index (κ3) is 3.81. The molecule has 0 spiro atoms. The number of para-hydroxylation sites is 1. The first-order valence-electron chi connectivity index (χ1n) is 7.96. The van der Waals surface area contributed by atoms with E-state index < -0.39 is 0 Å². The van der Waals surface area contributed by atoms with Crippen molar-refractivity contribution in [1.29, 1.82) is 0 Å². The number of fused-ring (bicyclic) bond motifs is 1. The Bertz CT molecular complexity index is 975. The zero-order chi connectivity index (χ0) is 19.4. The molecule has 3 rings (SSSR count). The summed E-state index contributed by atoms with van der Waals surface area (Å²) in [5, 5.41) is 4.73. The minimum atomic E-state index is -0.366. The van der Waals surface area contributed by atoms with Crippen LogP contribution >= 0.6 is 11.8 Å². The van der Waals surface area contributed by atoms with Gasteiger partial charge in [-0.25, -0.2) is 4.98 Å². The zero-order valence-electron chi connectivity index (χ0n) is 15.1. The monoisotopic (exact) mass is 389 g/mol. The first-order chi connectivity index (χ1) is 13.1. The van der Waals surface area contributed by atoms with E-state index in [4.69, 9.17) is 15.2 Å². The molecule has 1 aromatic carbocycles. The van der Waals surface area contributed by atoms with Gasteiger partial charge in [0.15, 0.2) is 0 Å². The van der Waals surface area contributed by atoms with Crippen LogP contribution in [0.4, 0.5) is 5.82 Å². The molecule has 2 heterocycles. The van der Waals surface area contributed by atoms with Gasteiger partial charge in [0.1, 0.15) is 11.6 Å². The van der Waals surface area contributed by atoms with Crippen molar-refractivity contribution in [3.8, 4) is 16.9 Å². The molecule has 9 nitrogen and oxygen atoms in total. The SMILES string of the molecule is COCc1nc2nc(SCC(=O)OC)nn2c(N)c1-c1ccccc1OC. The molecule has 0 aliphatic heterocycles. The van der Waals surface area contributed by atoms with Gasteiger partial charge in [-0.2, -0.15) is 9.50 Å². The second kappa shape index (κ2) is 8.23. The van der Waals surface area contributed by atoms with Crippen LogP contribution in [0.3, 0.4) is 0 Å². The number of hydrogen-bond donors (Lipinski definition) is 1. The molecular formula is C17H19N5O4S.